The van der Waals surface area contributed by atoms with Gasteiger partial charge in [0.25, 0.3) is 0 Å². The third kappa shape index (κ3) is 6.82. The topological polar surface area (TPSA) is 109 Å². The summed E-state index contributed by atoms with van der Waals surface area (Å²) >= 11 is 0. The lowest BCUT2D eigenvalue weighted by Gasteiger charge is -2.39. The van der Waals surface area contributed by atoms with Crippen molar-refractivity contribution >= 4 is 45.7 Å². The molecular weight excluding hydrogens is 519 g/mol. The average Bonchev–Trinajstić information content (AvgIpc) is 3.31. The van der Waals surface area contributed by atoms with E-state index in [1.165, 1.54) is 0 Å². The van der Waals surface area contributed by atoms with Crippen LogP contribution in [0.15, 0.2) is 23.7 Å². The maximum atomic E-state index is 12.2. The van der Waals surface area contributed by atoms with Gasteiger partial charge in [-0.3, -0.25) is 9.79 Å². The van der Waals surface area contributed by atoms with Crippen molar-refractivity contribution < 1.29 is 13.2 Å². The molecule has 0 aromatic carbocycles. The van der Waals surface area contributed by atoms with Gasteiger partial charge in [-0.1, -0.05) is 6.92 Å². The summed E-state index contributed by atoms with van der Waals surface area (Å²) in [6.07, 6.45) is 7.48. The number of carbonyl (C=O) groups is 1. The Balaban J connectivity index is 0.00000320. The highest BCUT2D eigenvalue weighted by atomic mass is 127. The maximum Gasteiger partial charge on any atom is 0.222 e. The highest BCUT2D eigenvalue weighted by Crippen LogP contribution is 2.27. The second kappa shape index (κ2) is 11.3. The van der Waals surface area contributed by atoms with Crippen LogP contribution in [0.3, 0.4) is 0 Å². The lowest BCUT2D eigenvalue weighted by atomic mass is 9.93. The van der Waals surface area contributed by atoms with Crippen molar-refractivity contribution in [1.82, 2.24) is 25.1 Å². The van der Waals surface area contributed by atoms with Gasteiger partial charge < -0.3 is 20.1 Å². The zero-order valence-electron chi connectivity index (χ0n) is 17.7. The first-order chi connectivity index (χ1) is 13.9. The molecule has 2 fully saturated rings. The Kier molecular flexibility index (Phi) is 9.38. The van der Waals surface area contributed by atoms with Crippen LogP contribution in [0.5, 0.6) is 0 Å². The molecule has 1 amide bonds. The van der Waals surface area contributed by atoms with Gasteiger partial charge in [0, 0.05) is 44.5 Å². The number of aromatic nitrogens is 2. The molecule has 3 rings (SSSR count). The molecule has 30 heavy (non-hydrogen) atoms. The van der Waals surface area contributed by atoms with E-state index in [-0.39, 0.29) is 53.9 Å². The van der Waals surface area contributed by atoms with E-state index in [1.54, 1.807) is 6.20 Å². The number of likely N-dealkylation sites (tertiary alicyclic amines) is 1. The number of nitrogens with one attached hydrogen (secondary N) is 2. The van der Waals surface area contributed by atoms with Gasteiger partial charge in [0.05, 0.1) is 30.4 Å². The lowest BCUT2D eigenvalue weighted by Crippen LogP contribution is -2.49. The summed E-state index contributed by atoms with van der Waals surface area (Å²) in [7, 11) is -2.99. The van der Waals surface area contributed by atoms with Gasteiger partial charge in [-0.15, -0.1) is 24.0 Å². The molecule has 2 N–H and O–H groups in total. The Hall–Kier alpha value is -1.37. The first-order valence-electron chi connectivity index (χ1n) is 10.4. The van der Waals surface area contributed by atoms with Gasteiger partial charge in [0.15, 0.2) is 15.8 Å². The number of piperidine rings is 1. The smallest absolute Gasteiger partial charge is 0.222 e. The van der Waals surface area contributed by atoms with Gasteiger partial charge in [-0.25, -0.2) is 13.4 Å². The summed E-state index contributed by atoms with van der Waals surface area (Å²) in [6.45, 7) is 7.18. The van der Waals surface area contributed by atoms with E-state index in [1.807, 2.05) is 19.4 Å². The maximum absolute atomic E-state index is 12.2. The van der Waals surface area contributed by atoms with Gasteiger partial charge >= 0.3 is 0 Å². The molecule has 2 aliphatic heterocycles. The zero-order valence-corrected chi connectivity index (χ0v) is 20.8. The molecule has 170 valence electrons. The van der Waals surface area contributed by atoms with Crippen LogP contribution in [0.25, 0.3) is 0 Å². The Bertz CT molecular complexity index is 814. The van der Waals surface area contributed by atoms with Gasteiger partial charge in [-0.05, 0) is 25.7 Å². The minimum absolute atomic E-state index is 0. The van der Waals surface area contributed by atoms with Crippen LogP contribution >= 0.6 is 24.0 Å². The summed E-state index contributed by atoms with van der Waals surface area (Å²) in [5.41, 5.74) is 0. The van der Waals surface area contributed by atoms with Crippen LogP contribution in [0, 0.1) is 5.92 Å². The zero-order chi connectivity index (χ0) is 20.9. The molecule has 0 saturated carbocycles. The molecule has 9 nitrogen and oxygen atoms in total. The van der Waals surface area contributed by atoms with Gasteiger partial charge in [-0.2, -0.15) is 0 Å². The van der Waals surface area contributed by atoms with Crippen LogP contribution < -0.4 is 10.6 Å². The normalized spacial score (nSPS) is 26.1. The Morgan fingerprint density at radius 3 is 2.77 bits per heavy atom. The monoisotopic (exact) mass is 552 g/mol. The number of amides is 1. The van der Waals surface area contributed by atoms with Crippen molar-refractivity contribution in [3.63, 3.8) is 0 Å². The predicted molar refractivity (Wildman–Crippen MR) is 128 cm³/mol. The molecule has 0 bridgehead atoms. The van der Waals surface area contributed by atoms with Crippen molar-refractivity contribution in [2.45, 2.75) is 45.2 Å². The fourth-order valence-corrected chi connectivity index (χ4v) is 5.67. The first-order valence-corrected chi connectivity index (χ1v) is 12.2. The van der Waals surface area contributed by atoms with E-state index >= 15 is 0 Å². The van der Waals surface area contributed by atoms with Gasteiger partial charge in [0.2, 0.25) is 5.91 Å². The number of hydrogen-bond acceptors (Lipinski definition) is 5. The van der Waals surface area contributed by atoms with Crippen LogP contribution in [-0.4, -0.2) is 78.5 Å². The molecule has 2 saturated heterocycles. The van der Waals surface area contributed by atoms with Gasteiger partial charge in [0.1, 0.15) is 0 Å². The van der Waals surface area contributed by atoms with Crippen molar-refractivity contribution in [3.05, 3.63) is 18.7 Å². The van der Waals surface area contributed by atoms with Crippen molar-refractivity contribution in [2.75, 3.05) is 37.7 Å². The summed E-state index contributed by atoms with van der Waals surface area (Å²) in [4.78, 5) is 23.2. The molecule has 1 aromatic heterocycles. The number of halogens is 1. The number of guanidine groups is 1. The number of hydrogen-bond donors (Lipinski definition) is 2. The molecule has 0 aliphatic carbocycles. The number of aliphatic imine (C=N–C) groups is 1. The fraction of sp³-hybridized carbons (Fsp3) is 0.737. The molecule has 2 aliphatic rings. The van der Waals surface area contributed by atoms with Crippen molar-refractivity contribution in [1.29, 1.82) is 0 Å². The number of rotatable bonds is 6. The lowest BCUT2D eigenvalue weighted by molar-refractivity contribution is -0.121. The number of nitrogens with zero attached hydrogens (tertiary/aromatic N) is 4. The van der Waals surface area contributed by atoms with Crippen LogP contribution in [-0.2, 0) is 14.6 Å². The van der Waals surface area contributed by atoms with Crippen molar-refractivity contribution in [3.8, 4) is 0 Å². The SMILES string of the molecule is CCNC(=NCCC(=O)NC1CCS(=O)(=O)C1)N1CCC(C)C(n2ccnc2)C1.I. The molecule has 3 atom stereocenters. The van der Waals surface area contributed by atoms with E-state index in [4.69, 9.17) is 0 Å². The molecule has 0 spiro atoms. The minimum atomic E-state index is -2.99. The van der Waals surface area contributed by atoms with Crippen LogP contribution in [0.2, 0.25) is 0 Å². The molecular formula is C19H33IN6O3S. The molecule has 3 unspecified atom stereocenters. The van der Waals surface area contributed by atoms with Crippen molar-refractivity contribution in [2.24, 2.45) is 10.9 Å². The van der Waals surface area contributed by atoms with E-state index in [0.717, 1.165) is 32.0 Å². The number of carbonyl (C=O) groups excluding carboxylic acids is 1. The molecule has 0 radical (unpaired) electrons. The fourth-order valence-electron chi connectivity index (χ4n) is 3.99. The van der Waals surface area contributed by atoms with Crippen LogP contribution in [0.1, 0.15) is 39.2 Å². The predicted octanol–water partition coefficient (Wildman–Crippen LogP) is 1.04. The van der Waals surface area contributed by atoms with E-state index in [2.05, 4.69) is 37.0 Å². The van der Waals surface area contributed by atoms with Crippen LogP contribution in [0.4, 0.5) is 0 Å². The largest absolute Gasteiger partial charge is 0.357 e. The Labute approximate surface area is 196 Å². The third-order valence-electron chi connectivity index (χ3n) is 5.66. The molecule has 11 heteroatoms. The summed E-state index contributed by atoms with van der Waals surface area (Å²) in [6, 6.07) is 0.0759. The Morgan fingerprint density at radius 2 is 2.13 bits per heavy atom. The number of imidazole rings is 1. The standard InChI is InChI=1S/C19H32N6O3S.HI/c1-3-21-19(22-7-4-18(26)23-16-6-11-29(27,28)13-16)24-9-5-15(2)17(12-24)25-10-8-20-14-25;/h8,10,14-17H,3-7,9,11-13H2,1-2H3,(H,21,22)(H,23,26);1H. The molecule has 1 aromatic rings. The summed E-state index contributed by atoms with van der Waals surface area (Å²) in [5.74, 6) is 1.44. The second-order valence-electron chi connectivity index (χ2n) is 7.94. The average molecular weight is 552 g/mol. The van der Waals surface area contributed by atoms with E-state index in [9.17, 15) is 13.2 Å². The molecule has 3 heterocycles. The summed E-state index contributed by atoms with van der Waals surface area (Å²) in [5, 5.41) is 6.15. The summed E-state index contributed by atoms with van der Waals surface area (Å²) < 4.78 is 25.2. The first kappa shape index (κ1) is 24.9. The minimum Gasteiger partial charge on any atom is -0.357 e. The number of sulfone groups is 1. The third-order valence-corrected chi connectivity index (χ3v) is 7.43. The highest BCUT2D eigenvalue weighted by Gasteiger charge is 2.30. The van der Waals surface area contributed by atoms with E-state index < -0.39 is 9.84 Å². The van der Waals surface area contributed by atoms with E-state index in [0.29, 0.717) is 24.9 Å². The Morgan fingerprint density at radius 1 is 1.33 bits per heavy atom. The quantitative estimate of drug-likeness (QED) is 0.310. The highest BCUT2D eigenvalue weighted by molar-refractivity contribution is 14.0. The second-order valence-corrected chi connectivity index (χ2v) is 10.2.